The zero-order chi connectivity index (χ0) is 13.3. The number of nitrogens with one attached hydrogen (secondary N) is 1. The monoisotopic (exact) mass is 256 g/mol. The second-order valence-corrected chi connectivity index (χ2v) is 4.39. The van der Waals surface area contributed by atoms with Crippen LogP contribution >= 0.6 is 0 Å². The highest BCUT2D eigenvalue weighted by molar-refractivity contribution is 4.95. The average Bonchev–Trinajstić information content (AvgIpc) is 2.67. The number of nitrogens with zero attached hydrogens (tertiary/aromatic N) is 1. The van der Waals surface area contributed by atoms with Crippen LogP contribution in [0.15, 0.2) is 21.9 Å². The van der Waals surface area contributed by atoms with Gasteiger partial charge >= 0.3 is 5.69 Å². The molecule has 18 heavy (non-hydrogen) atoms. The van der Waals surface area contributed by atoms with E-state index in [1.165, 1.54) is 16.8 Å². The van der Waals surface area contributed by atoms with Crippen molar-refractivity contribution in [2.75, 3.05) is 6.61 Å². The first-order valence-electron chi connectivity index (χ1n) is 5.81. The molecule has 3 N–H and O–H groups in total. The molecular weight excluding hydrogens is 240 g/mol. The predicted molar refractivity (Wildman–Crippen MR) is 62.2 cm³/mol. The Morgan fingerprint density at radius 1 is 1.61 bits per heavy atom. The molecule has 1 aliphatic rings. The summed E-state index contributed by atoms with van der Waals surface area (Å²) in [6, 6.07) is 1.22. The Bertz CT molecular complexity index is 537. The number of aromatic amines is 1. The number of aliphatic hydroxyl groups is 2. The molecule has 7 heteroatoms. The minimum Gasteiger partial charge on any atom is -0.394 e. The molecule has 1 aliphatic heterocycles. The molecule has 2 heterocycles. The molecule has 0 unspecified atom stereocenters. The normalized spacial score (nSPS) is 31.7. The van der Waals surface area contributed by atoms with Crippen molar-refractivity contribution in [1.82, 2.24) is 9.55 Å². The first-order valence-corrected chi connectivity index (χ1v) is 5.81. The van der Waals surface area contributed by atoms with Crippen LogP contribution < -0.4 is 11.2 Å². The fourth-order valence-electron chi connectivity index (χ4n) is 2.32. The summed E-state index contributed by atoms with van der Waals surface area (Å²) < 4.78 is 6.86. The van der Waals surface area contributed by atoms with Gasteiger partial charge in [0.2, 0.25) is 0 Å². The summed E-state index contributed by atoms with van der Waals surface area (Å²) in [5.41, 5.74) is -2.09. The van der Waals surface area contributed by atoms with Gasteiger partial charge in [0, 0.05) is 18.7 Å². The van der Waals surface area contributed by atoms with Gasteiger partial charge in [0.05, 0.1) is 12.7 Å². The molecule has 1 fully saturated rings. The van der Waals surface area contributed by atoms with Crippen molar-refractivity contribution in [3.63, 3.8) is 0 Å². The molecule has 3 atom stereocenters. The van der Waals surface area contributed by atoms with E-state index in [2.05, 4.69) is 4.98 Å². The minimum atomic E-state index is -1.02. The Kier molecular flexibility index (Phi) is 3.38. The summed E-state index contributed by atoms with van der Waals surface area (Å²) >= 11 is 0. The maximum absolute atomic E-state index is 11.8. The molecule has 0 aliphatic carbocycles. The van der Waals surface area contributed by atoms with E-state index in [1.54, 1.807) is 0 Å². The molecule has 100 valence electrons. The number of aromatic nitrogens is 2. The molecule has 7 nitrogen and oxygen atoms in total. The number of ether oxygens (including phenoxy) is 1. The Labute approximate surface area is 103 Å². The number of aliphatic hydroxyl groups excluding tert-OH is 2. The van der Waals surface area contributed by atoms with E-state index in [0.29, 0.717) is 6.42 Å². The third kappa shape index (κ3) is 2.00. The molecule has 0 spiro atoms. The molecule has 1 aromatic rings. The van der Waals surface area contributed by atoms with E-state index in [4.69, 9.17) is 9.84 Å². The number of H-pyrrole nitrogens is 1. The number of hydrogen-bond acceptors (Lipinski definition) is 5. The summed E-state index contributed by atoms with van der Waals surface area (Å²) in [4.78, 5) is 25.0. The smallest absolute Gasteiger partial charge is 0.330 e. The second kappa shape index (κ2) is 4.68. The van der Waals surface area contributed by atoms with Crippen molar-refractivity contribution in [2.45, 2.75) is 37.7 Å². The van der Waals surface area contributed by atoms with Gasteiger partial charge in [-0.15, -0.1) is 0 Å². The fraction of sp³-hybridized carbons (Fsp3) is 0.636. The van der Waals surface area contributed by atoms with Gasteiger partial charge in [-0.3, -0.25) is 14.3 Å². The van der Waals surface area contributed by atoms with Crippen molar-refractivity contribution < 1.29 is 14.9 Å². The summed E-state index contributed by atoms with van der Waals surface area (Å²) in [7, 11) is 0. The third-order valence-electron chi connectivity index (χ3n) is 3.32. The Hall–Kier alpha value is -1.44. The third-order valence-corrected chi connectivity index (χ3v) is 3.32. The average molecular weight is 256 g/mol. The van der Waals surface area contributed by atoms with Gasteiger partial charge in [0.15, 0.2) is 5.72 Å². The van der Waals surface area contributed by atoms with Crippen LogP contribution in [0.3, 0.4) is 0 Å². The lowest BCUT2D eigenvalue weighted by molar-refractivity contribution is -0.121. The highest BCUT2D eigenvalue weighted by Gasteiger charge is 2.46. The first-order chi connectivity index (χ1) is 8.52. The summed E-state index contributed by atoms with van der Waals surface area (Å²) in [6.07, 6.45) is 0.419. The van der Waals surface area contributed by atoms with E-state index in [0.717, 1.165) is 0 Å². The summed E-state index contributed by atoms with van der Waals surface area (Å²) in [5, 5.41) is 18.9. The lowest BCUT2D eigenvalue weighted by Crippen LogP contribution is -2.43. The van der Waals surface area contributed by atoms with Crippen molar-refractivity contribution >= 4 is 0 Å². The fourth-order valence-corrected chi connectivity index (χ4v) is 2.32. The maximum atomic E-state index is 11.8. The Morgan fingerprint density at radius 2 is 2.33 bits per heavy atom. The molecule has 1 saturated heterocycles. The van der Waals surface area contributed by atoms with E-state index >= 15 is 0 Å². The van der Waals surface area contributed by atoms with Gasteiger partial charge in [-0.2, -0.15) is 0 Å². The molecule has 0 radical (unpaired) electrons. The van der Waals surface area contributed by atoms with Crippen LogP contribution in [0.1, 0.15) is 19.8 Å². The lowest BCUT2D eigenvalue weighted by atomic mass is 10.0. The number of hydrogen-bond donors (Lipinski definition) is 3. The highest BCUT2D eigenvalue weighted by Crippen LogP contribution is 2.36. The molecule has 0 bridgehead atoms. The van der Waals surface area contributed by atoms with E-state index in [-0.39, 0.29) is 13.0 Å². The van der Waals surface area contributed by atoms with Crippen LogP contribution in [-0.4, -0.2) is 38.6 Å². The van der Waals surface area contributed by atoms with Gasteiger partial charge in [-0.1, -0.05) is 6.92 Å². The Balaban J connectivity index is 2.46. The molecule has 0 saturated carbocycles. The van der Waals surface area contributed by atoms with E-state index in [1.807, 2.05) is 6.92 Å². The van der Waals surface area contributed by atoms with Crippen LogP contribution in [0.4, 0.5) is 0 Å². The van der Waals surface area contributed by atoms with Gasteiger partial charge in [0.1, 0.15) is 6.10 Å². The number of rotatable bonds is 3. The highest BCUT2D eigenvalue weighted by atomic mass is 16.6. The standard InChI is InChI=1S/C11H16N2O5/c1-2-11(5-7(15)8(6-14)18-11)13-4-3-9(16)12-10(13)17/h3-4,7-8,14-15H,2,5-6H2,1H3,(H,12,16,17)/t7-,8+,11+/m0/s1. The van der Waals surface area contributed by atoms with Crippen molar-refractivity contribution in [3.8, 4) is 0 Å². The molecule has 0 aromatic carbocycles. The zero-order valence-electron chi connectivity index (χ0n) is 10.00. The topological polar surface area (TPSA) is 105 Å². The van der Waals surface area contributed by atoms with Crippen LogP contribution in [-0.2, 0) is 10.5 Å². The van der Waals surface area contributed by atoms with Gasteiger partial charge in [-0.05, 0) is 6.42 Å². The van der Waals surface area contributed by atoms with Crippen LogP contribution in [0.2, 0.25) is 0 Å². The molecule has 1 aromatic heterocycles. The van der Waals surface area contributed by atoms with Gasteiger partial charge in [-0.25, -0.2) is 4.79 Å². The predicted octanol–water partition coefficient (Wildman–Crippen LogP) is -1.26. The van der Waals surface area contributed by atoms with Crippen LogP contribution in [0, 0.1) is 0 Å². The lowest BCUT2D eigenvalue weighted by Gasteiger charge is -2.29. The zero-order valence-corrected chi connectivity index (χ0v) is 10.00. The van der Waals surface area contributed by atoms with Crippen LogP contribution in [0.25, 0.3) is 0 Å². The van der Waals surface area contributed by atoms with Crippen molar-refractivity contribution in [1.29, 1.82) is 0 Å². The SMILES string of the molecule is CC[C@]1(n2ccc(=O)[nH]c2=O)C[C@H](O)[C@@H](CO)O1. The quantitative estimate of drug-likeness (QED) is 0.626. The van der Waals surface area contributed by atoms with E-state index in [9.17, 15) is 14.7 Å². The molecular formula is C11H16N2O5. The largest absolute Gasteiger partial charge is 0.394 e. The summed E-state index contributed by atoms with van der Waals surface area (Å²) in [6.45, 7) is 1.49. The minimum absolute atomic E-state index is 0.195. The molecule has 0 amide bonds. The van der Waals surface area contributed by atoms with Crippen molar-refractivity contribution in [2.24, 2.45) is 0 Å². The van der Waals surface area contributed by atoms with Crippen LogP contribution in [0.5, 0.6) is 0 Å². The second-order valence-electron chi connectivity index (χ2n) is 4.39. The summed E-state index contributed by atoms with van der Waals surface area (Å²) in [5.74, 6) is 0. The Morgan fingerprint density at radius 3 is 2.83 bits per heavy atom. The first kappa shape index (κ1) is 13.0. The van der Waals surface area contributed by atoms with Gasteiger partial charge < -0.3 is 14.9 Å². The maximum Gasteiger partial charge on any atom is 0.330 e. The van der Waals surface area contributed by atoms with Crippen molar-refractivity contribution in [3.05, 3.63) is 33.1 Å². The van der Waals surface area contributed by atoms with Gasteiger partial charge in [0.25, 0.3) is 5.56 Å². The van der Waals surface area contributed by atoms with E-state index < -0.39 is 29.2 Å². The molecule has 2 rings (SSSR count).